The van der Waals surface area contributed by atoms with Crippen molar-refractivity contribution in [1.82, 2.24) is 4.98 Å². The number of aromatic nitrogens is 1. The minimum absolute atomic E-state index is 0. The van der Waals surface area contributed by atoms with E-state index < -0.39 is 0 Å². The van der Waals surface area contributed by atoms with Crippen molar-refractivity contribution >= 4 is 27.5 Å². The van der Waals surface area contributed by atoms with Crippen molar-refractivity contribution in [3.63, 3.8) is 0 Å². The second kappa shape index (κ2) is 11.5. The number of aliphatic hydroxyl groups is 1. The van der Waals surface area contributed by atoms with Gasteiger partial charge in [0, 0.05) is 26.2 Å². The van der Waals surface area contributed by atoms with Gasteiger partial charge in [0.1, 0.15) is 0 Å². The fraction of sp³-hybridized carbons (Fsp3) is 0.0667. The van der Waals surface area contributed by atoms with Crippen molar-refractivity contribution in [3.05, 3.63) is 115 Å². The van der Waals surface area contributed by atoms with Crippen LogP contribution >= 0.6 is 0 Å². The summed E-state index contributed by atoms with van der Waals surface area (Å²) < 4.78 is 0. The van der Waals surface area contributed by atoms with E-state index >= 15 is 0 Å². The van der Waals surface area contributed by atoms with Crippen molar-refractivity contribution in [1.29, 1.82) is 0 Å². The first-order valence-electron chi connectivity index (χ1n) is 10.7. The number of nitrogens with zero attached hydrogens (tertiary/aromatic N) is 1. The van der Waals surface area contributed by atoms with Crippen LogP contribution in [-0.4, -0.2) is 15.9 Å². The molecule has 0 bridgehead atoms. The average molecular weight is 623 g/mol. The molecule has 0 fully saturated rings. The SMILES string of the molecule is CC(=O)/C=C(/C)O.[Ir].[c-]1ccc2ccccc2c1-c1ccc2cc(-c3ccccc3)ccc2n1. The summed E-state index contributed by atoms with van der Waals surface area (Å²) >= 11 is 0. The molecular formula is C30H24IrNO2-. The van der Waals surface area contributed by atoms with Crippen molar-refractivity contribution in [2.75, 3.05) is 0 Å². The third kappa shape index (κ3) is 6.05. The Labute approximate surface area is 213 Å². The van der Waals surface area contributed by atoms with Gasteiger partial charge < -0.3 is 5.11 Å². The van der Waals surface area contributed by atoms with E-state index in [1.54, 1.807) is 0 Å². The second-order valence-corrected chi connectivity index (χ2v) is 7.81. The normalized spacial score (nSPS) is 10.8. The van der Waals surface area contributed by atoms with Gasteiger partial charge in [-0.2, -0.15) is 0 Å². The minimum atomic E-state index is -0.125. The first-order valence-corrected chi connectivity index (χ1v) is 10.7. The van der Waals surface area contributed by atoms with Gasteiger partial charge in [-0.25, -0.2) is 0 Å². The van der Waals surface area contributed by atoms with Crippen LogP contribution in [0, 0.1) is 6.07 Å². The number of pyridine rings is 1. The van der Waals surface area contributed by atoms with Crippen LogP contribution in [0.1, 0.15) is 13.8 Å². The van der Waals surface area contributed by atoms with E-state index in [-0.39, 0.29) is 31.6 Å². The van der Waals surface area contributed by atoms with Crippen molar-refractivity contribution in [2.45, 2.75) is 13.8 Å². The predicted octanol–water partition coefficient (Wildman–Crippen LogP) is 7.56. The number of rotatable bonds is 3. The summed E-state index contributed by atoms with van der Waals surface area (Å²) in [5.74, 6) is -0.0625. The molecule has 171 valence electrons. The van der Waals surface area contributed by atoms with Crippen LogP contribution in [0.2, 0.25) is 0 Å². The number of carbonyl (C=O) groups is 1. The molecule has 0 saturated carbocycles. The molecule has 0 aliphatic carbocycles. The molecule has 34 heavy (non-hydrogen) atoms. The topological polar surface area (TPSA) is 50.2 Å². The first kappa shape index (κ1) is 25.0. The molecule has 0 unspecified atom stereocenters. The third-order valence-corrected chi connectivity index (χ3v) is 5.19. The molecule has 5 rings (SSSR count). The summed E-state index contributed by atoms with van der Waals surface area (Å²) in [6.07, 6.45) is 1.17. The summed E-state index contributed by atoms with van der Waals surface area (Å²) in [5, 5.41) is 11.9. The van der Waals surface area contributed by atoms with Gasteiger partial charge in [-0.1, -0.05) is 78.2 Å². The van der Waals surface area contributed by atoms with Crippen LogP contribution in [0.4, 0.5) is 0 Å². The number of ketones is 1. The average Bonchev–Trinajstić information content (AvgIpc) is 2.83. The quantitative estimate of drug-likeness (QED) is 0.128. The maximum absolute atomic E-state index is 10.0. The number of aliphatic hydroxyl groups excluding tert-OH is 1. The molecule has 1 heterocycles. The molecule has 4 aromatic carbocycles. The predicted molar refractivity (Wildman–Crippen MR) is 136 cm³/mol. The molecule has 1 radical (unpaired) electrons. The Morgan fingerprint density at radius 1 is 0.824 bits per heavy atom. The van der Waals surface area contributed by atoms with Gasteiger partial charge >= 0.3 is 0 Å². The molecule has 0 atom stereocenters. The monoisotopic (exact) mass is 623 g/mol. The zero-order valence-electron chi connectivity index (χ0n) is 19.0. The number of carbonyl (C=O) groups excluding carboxylic acids is 1. The van der Waals surface area contributed by atoms with Crippen LogP contribution in [0.5, 0.6) is 0 Å². The largest absolute Gasteiger partial charge is 0.512 e. The first-order chi connectivity index (χ1) is 16.0. The Morgan fingerprint density at radius 2 is 1.56 bits per heavy atom. The Hall–Kier alpha value is -3.59. The van der Waals surface area contributed by atoms with Gasteiger partial charge in [0.15, 0.2) is 5.78 Å². The maximum Gasteiger partial charge on any atom is 0.155 e. The number of allylic oxidation sites excluding steroid dienone is 2. The number of hydrogen-bond donors (Lipinski definition) is 1. The summed E-state index contributed by atoms with van der Waals surface area (Å²) in [6, 6.07) is 36.9. The van der Waals surface area contributed by atoms with Gasteiger partial charge in [0.2, 0.25) is 0 Å². The summed E-state index contributed by atoms with van der Waals surface area (Å²) in [6.45, 7) is 2.85. The van der Waals surface area contributed by atoms with Crippen molar-refractivity contribution in [3.8, 4) is 22.4 Å². The molecule has 4 heteroatoms. The van der Waals surface area contributed by atoms with Gasteiger partial charge in [-0.05, 0) is 48.2 Å². The van der Waals surface area contributed by atoms with E-state index in [2.05, 4.69) is 91.0 Å². The molecule has 1 N–H and O–H groups in total. The van der Waals surface area contributed by atoms with E-state index in [1.165, 1.54) is 41.8 Å². The number of benzene rings is 4. The zero-order valence-corrected chi connectivity index (χ0v) is 21.3. The Kier molecular flexibility index (Phi) is 8.48. The zero-order chi connectivity index (χ0) is 23.2. The Bertz CT molecular complexity index is 1450. The van der Waals surface area contributed by atoms with Gasteiger partial charge in [-0.3, -0.25) is 9.78 Å². The van der Waals surface area contributed by atoms with E-state index in [4.69, 9.17) is 10.1 Å². The molecule has 5 aromatic rings. The van der Waals surface area contributed by atoms with Crippen molar-refractivity contribution in [2.24, 2.45) is 0 Å². The van der Waals surface area contributed by atoms with E-state index in [0.29, 0.717) is 0 Å². The second-order valence-electron chi connectivity index (χ2n) is 7.81. The number of fused-ring (bicyclic) bond motifs is 2. The van der Waals surface area contributed by atoms with Crippen LogP contribution < -0.4 is 0 Å². The van der Waals surface area contributed by atoms with E-state index in [9.17, 15) is 4.79 Å². The van der Waals surface area contributed by atoms with Gasteiger partial charge in [0.05, 0.1) is 11.3 Å². The van der Waals surface area contributed by atoms with Crippen LogP contribution in [0.3, 0.4) is 0 Å². The standard InChI is InChI=1S/C25H16N.C5H8O2.Ir/c1-2-7-18(8-3-1)20-13-15-24-21(17-20)14-16-25(26-24)23-12-6-10-19-9-4-5-11-22(19)23;1-4(6)3-5(2)7;/h1-11,13-17H;3,6H,1-2H3;/q-1;;/b;4-3-;. The van der Waals surface area contributed by atoms with Gasteiger partial charge in [-0.15, -0.1) is 29.1 Å². The smallest absolute Gasteiger partial charge is 0.155 e. The molecule has 0 aliphatic rings. The molecule has 0 saturated heterocycles. The summed E-state index contributed by atoms with van der Waals surface area (Å²) in [4.78, 5) is 14.9. The van der Waals surface area contributed by atoms with E-state index in [1.807, 2.05) is 12.1 Å². The molecule has 1 aromatic heterocycles. The van der Waals surface area contributed by atoms with Gasteiger partial charge in [0.25, 0.3) is 0 Å². The Balaban J connectivity index is 0.000000357. The van der Waals surface area contributed by atoms with Crippen LogP contribution in [-0.2, 0) is 24.9 Å². The Morgan fingerprint density at radius 3 is 2.26 bits per heavy atom. The molecule has 0 spiro atoms. The summed E-state index contributed by atoms with van der Waals surface area (Å²) in [7, 11) is 0. The maximum atomic E-state index is 10.0. The number of hydrogen-bond acceptors (Lipinski definition) is 3. The fourth-order valence-corrected chi connectivity index (χ4v) is 3.74. The fourth-order valence-electron chi connectivity index (χ4n) is 3.74. The molecule has 3 nitrogen and oxygen atoms in total. The molecule has 0 amide bonds. The molecular weight excluding hydrogens is 599 g/mol. The van der Waals surface area contributed by atoms with Crippen molar-refractivity contribution < 1.29 is 30.0 Å². The third-order valence-electron chi connectivity index (χ3n) is 5.19. The minimum Gasteiger partial charge on any atom is -0.512 e. The van der Waals surface area contributed by atoms with Crippen LogP contribution in [0.15, 0.2) is 109 Å². The molecule has 0 aliphatic heterocycles. The summed E-state index contributed by atoms with van der Waals surface area (Å²) in [5.41, 5.74) is 5.45. The van der Waals surface area contributed by atoms with E-state index in [0.717, 1.165) is 22.2 Å². The van der Waals surface area contributed by atoms with Crippen LogP contribution in [0.25, 0.3) is 44.1 Å².